The first-order valence-corrected chi connectivity index (χ1v) is 6.53. The van der Waals surface area contributed by atoms with Crippen LogP contribution in [0.5, 0.6) is 0 Å². The molecule has 86 valence electrons. The zero-order valence-electron chi connectivity index (χ0n) is 9.53. The molecule has 2 rings (SSSR count). The molecule has 0 N–H and O–H groups in total. The predicted molar refractivity (Wildman–Crippen MR) is 61.4 cm³/mol. The zero-order chi connectivity index (χ0) is 10.5. The molecule has 2 aliphatic carbocycles. The Kier molecular flexibility index (Phi) is 3.98. The summed E-state index contributed by atoms with van der Waals surface area (Å²) in [7, 11) is 0. The normalized spacial score (nSPS) is 25.1. The molecule has 2 saturated carbocycles. The van der Waals surface area contributed by atoms with E-state index in [0.29, 0.717) is 12.1 Å². The minimum Gasteiger partial charge on any atom is -0.255 e. The largest absolute Gasteiger partial charge is 0.255 e. The van der Waals surface area contributed by atoms with Crippen LogP contribution in [0.15, 0.2) is 5.29 Å². The molecule has 0 heterocycles. The summed E-state index contributed by atoms with van der Waals surface area (Å²) in [4.78, 5) is 11.0. The van der Waals surface area contributed by atoms with Crippen molar-refractivity contribution in [2.45, 2.75) is 76.3 Å². The molecule has 2 aliphatic rings. The summed E-state index contributed by atoms with van der Waals surface area (Å²) >= 11 is 0. The van der Waals surface area contributed by atoms with E-state index in [0.717, 1.165) is 0 Å². The topological polar surface area (TPSA) is 32.7 Å². The SMILES string of the molecule is O=NN(C1CCCCC1)C1CCCCC1. The first-order chi connectivity index (χ1) is 7.42. The fourth-order valence-corrected chi connectivity index (χ4v) is 3.12. The van der Waals surface area contributed by atoms with E-state index in [-0.39, 0.29) is 0 Å². The summed E-state index contributed by atoms with van der Waals surface area (Å²) in [6.07, 6.45) is 12.5. The molecule has 3 heteroatoms. The van der Waals surface area contributed by atoms with Crippen LogP contribution < -0.4 is 0 Å². The van der Waals surface area contributed by atoms with E-state index < -0.39 is 0 Å². The van der Waals surface area contributed by atoms with Crippen LogP contribution in [-0.4, -0.2) is 17.1 Å². The van der Waals surface area contributed by atoms with Crippen molar-refractivity contribution in [2.75, 3.05) is 0 Å². The first kappa shape index (κ1) is 10.9. The second kappa shape index (κ2) is 5.47. The van der Waals surface area contributed by atoms with Gasteiger partial charge in [0.1, 0.15) is 0 Å². The maximum absolute atomic E-state index is 11.0. The molecule has 0 aliphatic heterocycles. The standard InChI is InChI=1S/C12H22N2O/c15-13-14(11-7-3-1-4-8-11)12-9-5-2-6-10-12/h11-12H,1-10H2. The third-order valence-electron chi connectivity index (χ3n) is 3.99. The van der Waals surface area contributed by atoms with Gasteiger partial charge in [-0.15, -0.1) is 4.91 Å². The number of hydrogen-bond donors (Lipinski definition) is 0. The fraction of sp³-hybridized carbons (Fsp3) is 1.00. The second-order valence-corrected chi connectivity index (χ2v) is 5.05. The van der Waals surface area contributed by atoms with Gasteiger partial charge in [-0.25, -0.2) is 0 Å². The molecular formula is C12H22N2O. The van der Waals surface area contributed by atoms with Gasteiger partial charge in [0, 0.05) is 0 Å². The van der Waals surface area contributed by atoms with Gasteiger partial charge in [-0.1, -0.05) is 38.5 Å². The molecule has 0 unspecified atom stereocenters. The zero-order valence-corrected chi connectivity index (χ0v) is 9.53. The highest BCUT2D eigenvalue weighted by atomic mass is 16.3. The molecule has 0 bridgehead atoms. The third kappa shape index (κ3) is 2.70. The molecule has 0 aromatic rings. The average molecular weight is 210 g/mol. The monoisotopic (exact) mass is 210 g/mol. The maximum Gasteiger partial charge on any atom is 0.0529 e. The van der Waals surface area contributed by atoms with Crippen LogP contribution in [-0.2, 0) is 0 Å². The van der Waals surface area contributed by atoms with E-state index in [9.17, 15) is 4.91 Å². The Morgan fingerprint density at radius 1 is 0.733 bits per heavy atom. The molecule has 0 radical (unpaired) electrons. The van der Waals surface area contributed by atoms with Crippen molar-refractivity contribution in [3.63, 3.8) is 0 Å². The third-order valence-corrected chi connectivity index (χ3v) is 3.99. The van der Waals surface area contributed by atoms with Gasteiger partial charge in [0.15, 0.2) is 0 Å². The molecule has 0 atom stereocenters. The molecule has 0 saturated heterocycles. The summed E-state index contributed by atoms with van der Waals surface area (Å²) < 4.78 is 0. The van der Waals surface area contributed by atoms with Crippen LogP contribution in [0.25, 0.3) is 0 Å². The number of nitrogens with zero attached hydrogens (tertiary/aromatic N) is 2. The lowest BCUT2D eigenvalue weighted by Crippen LogP contribution is -2.41. The summed E-state index contributed by atoms with van der Waals surface area (Å²) in [5.74, 6) is 0. The Morgan fingerprint density at radius 2 is 1.13 bits per heavy atom. The summed E-state index contributed by atoms with van der Waals surface area (Å²) in [6, 6.07) is 0.915. The minimum absolute atomic E-state index is 0.458. The lowest BCUT2D eigenvalue weighted by molar-refractivity contribution is 0.0824. The van der Waals surface area contributed by atoms with Crippen LogP contribution in [0.3, 0.4) is 0 Å². The predicted octanol–water partition coefficient (Wildman–Crippen LogP) is 3.64. The number of rotatable bonds is 3. The summed E-state index contributed by atoms with van der Waals surface area (Å²) in [5, 5.41) is 5.23. The van der Waals surface area contributed by atoms with E-state index in [1.165, 1.54) is 64.2 Å². The lowest BCUT2D eigenvalue weighted by atomic mass is 9.90. The van der Waals surface area contributed by atoms with Crippen molar-refractivity contribution < 1.29 is 0 Å². The molecule has 2 fully saturated rings. The second-order valence-electron chi connectivity index (χ2n) is 5.05. The van der Waals surface area contributed by atoms with Gasteiger partial charge >= 0.3 is 0 Å². The van der Waals surface area contributed by atoms with Crippen LogP contribution in [0.4, 0.5) is 0 Å². The number of hydrogen-bond acceptors (Lipinski definition) is 2. The minimum atomic E-state index is 0.458. The smallest absolute Gasteiger partial charge is 0.0529 e. The quantitative estimate of drug-likeness (QED) is 0.526. The van der Waals surface area contributed by atoms with Crippen LogP contribution in [0.1, 0.15) is 64.2 Å². The number of nitroso groups, excluding NO2 is 1. The highest BCUT2D eigenvalue weighted by Crippen LogP contribution is 2.30. The molecule has 0 aromatic heterocycles. The van der Waals surface area contributed by atoms with Crippen LogP contribution in [0.2, 0.25) is 0 Å². The lowest BCUT2D eigenvalue weighted by Gasteiger charge is -2.37. The van der Waals surface area contributed by atoms with Crippen molar-refractivity contribution in [3.8, 4) is 0 Å². The highest BCUT2D eigenvalue weighted by Gasteiger charge is 2.28. The maximum atomic E-state index is 11.0. The molecule has 0 spiro atoms. The molecule has 15 heavy (non-hydrogen) atoms. The summed E-state index contributed by atoms with van der Waals surface area (Å²) in [5.41, 5.74) is 0. The Bertz CT molecular complexity index is 178. The molecular weight excluding hydrogens is 188 g/mol. The van der Waals surface area contributed by atoms with E-state index >= 15 is 0 Å². The van der Waals surface area contributed by atoms with Crippen molar-refractivity contribution >= 4 is 0 Å². The van der Waals surface area contributed by atoms with Gasteiger partial charge in [-0.05, 0) is 25.7 Å². The van der Waals surface area contributed by atoms with Crippen molar-refractivity contribution in [1.82, 2.24) is 5.01 Å². The Labute approximate surface area is 92.2 Å². The fourth-order valence-electron chi connectivity index (χ4n) is 3.12. The average Bonchev–Trinajstić information content (AvgIpc) is 2.33. The van der Waals surface area contributed by atoms with Gasteiger partial charge in [0.25, 0.3) is 0 Å². The first-order valence-electron chi connectivity index (χ1n) is 6.53. The van der Waals surface area contributed by atoms with Crippen LogP contribution >= 0.6 is 0 Å². The Hall–Kier alpha value is -0.600. The van der Waals surface area contributed by atoms with E-state index in [1.807, 2.05) is 5.01 Å². The highest BCUT2D eigenvalue weighted by molar-refractivity contribution is 4.81. The van der Waals surface area contributed by atoms with Crippen molar-refractivity contribution in [3.05, 3.63) is 4.91 Å². The molecule has 3 nitrogen and oxygen atoms in total. The Morgan fingerprint density at radius 3 is 1.47 bits per heavy atom. The van der Waals surface area contributed by atoms with Crippen molar-refractivity contribution in [1.29, 1.82) is 0 Å². The van der Waals surface area contributed by atoms with E-state index in [1.54, 1.807) is 0 Å². The molecule has 0 amide bonds. The van der Waals surface area contributed by atoms with E-state index in [4.69, 9.17) is 0 Å². The summed E-state index contributed by atoms with van der Waals surface area (Å²) in [6.45, 7) is 0. The molecule has 0 aromatic carbocycles. The van der Waals surface area contributed by atoms with Gasteiger partial charge in [0.05, 0.1) is 17.4 Å². The van der Waals surface area contributed by atoms with E-state index in [2.05, 4.69) is 5.29 Å². The van der Waals surface area contributed by atoms with Gasteiger partial charge < -0.3 is 0 Å². The van der Waals surface area contributed by atoms with Crippen molar-refractivity contribution in [2.24, 2.45) is 5.29 Å². The van der Waals surface area contributed by atoms with Gasteiger partial charge in [-0.3, -0.25) is 5.01 Å². The van der Waals surface area contributed by atoms with Gasteiger partial charge in [-0.2, -0.15) is 0 Å². The van der Waals surface area contributed by atoms with Gasteiger partial charge in [0.2, 0.25) is 0 Å². The van der Waals surface area contributed by atoms with Crippen LogP contribution in [0, 0.1) is 4.91 Å². The Balaban J connectivity index is 1.91.